The third-order valence-electron chi connectivity index (χ3n) is 2.04. The lowest BCUT2D eigenvalue weighted by Gasteiger charge is -2.21. The molecule has 0 heterocycles. The first-order valence-electron chi connectivity index (χ1n) is 5.08. The highest BCUT2D eigenvalue weighted by Gasteiger charge is 2.42. The van der Waals surface area contributed by atoms with E-state index >= 15 is 0 Å². The van der Waals surface area contributed by atoms with Crippen molar-refractivity contribution in [3.63, 3.8) is 0 Å². The summed E-state index contributed by atoms with van der Waals surface area (Å²) in [4.78, 5) is 21.0. The largest absolute Gasteiger partial charge is 0.464 e. The van der Waals surface area contributed by atoms with Crippen LogP contribution in [0.5, 0.6) is 0 Å². The van der Waals surface area contributed by atoms with E-state index in [1.165, 1.54) is 0 Å². The van der Waals surface area contributed by atoms with Crippen molar-refractivity contribution < 1.29 is 19.6 Å². The van der Waals surface area contributed by atoms with Crippen LogP contribution in [0.15, 0.2) is 12.7 Å². The molecule has 0 aliphatic carbocycles. The number of hydrogen-bond donors (Lipinski definition) is 1. The maximum Gasteiger partial charge on any atom is 0.345 e. The Morgan fingerprint density at radius 2 is 2.31 bits per heavy atom. The summed E-state index contributed by atoms with van der Waals surface area (Å²) in [7, 11) is 0. The third kappa shape index (κ3) is 4.88. The smallest absolute Gasteiger partial charge is 0.345 e. The molecule has 0 saturated heterocycles. The van der Waals surface area contributed by atoms with Gasteiger partial charge in [0.2, 0.25) is 12.1 Å². The lowest BCUT2D eigenvalue weighted by Crippen LogP contribution is -2.46. The molecular formula is C10H17NO5. The molecule has 0 bridgehead atoms. The molecule has 0 aliphatic heterocycles. The number of nitrogens with zero attached hydrogens (tertiary/aromatic N) is 1. The molecule has 0 radical (unpaired) electrons. The summed E-state index contributed by atoms with van der Waals surface area (Å²) < 4.78 is 4.62. The fraction of sp³-hybridized carbons (Fsp3) is 0.700. The van der Waals surface area contributed by atoms with Crippen LogP contribution in [-0.2, 0) is 9.53 Å². The molecule has 0 aromatic rings. The van der Waals surface area contributed by atoms with Gasteiger partial charge in [0.25, 0.3) is 0 Å². The number of nitro groups is 1. The van der Waals surface area contributed by atoms with Gasteiger partial charge in [-0.1, -0.05) is 6.08 Å². The quantitative estimate of drug-likeness (QED) is 0.220. The zero-order valence-electron chi connectivity index (χ0n) is 9.35. The minimum atomic E-state index is -2.03. The Bertz CT molecular complexity index is 266. The Morgan fingerprint density at radius 3 is 2.75 bits per heavy atom. The van der Waals surface area contributed by atoms with E-state index in [2.05, 4.69) is 11.3 Å². The van der Waals surface area contributed by atoms with Gasteiger partial charge in [-0.25, -0.2) is 4.79 Å². The Kier molecular flexibility index (Phi) is 6.32. The maximum absolute atomic E-state index is 11.4. The van der Waals surface area contributed by atoms with E-state index in [0.29, 0.717) is 12.8 Å². The number of rotatable bonds is 8. The van der Waals surface area contributed by atoms with Crippen LogP contribution in [-0.4, -0.2) is 34.8 Å². The monoisotopic (exact) mass is 231 g/mol. The van der Waals surface area contributed by atoms with Gasteiger partial charge in [-0.05, 0) is 26.2 Å². The second-order valence-corrected chi connectivity index (χ2v) is 3.42. The predicted octanol–water partition coefficient (Wildman–Crippen LogP) is 0.914. The Morgan fingerprint density at radius 1 is 1.69 bits per heavy atom. The van der Waals surface area contributed by atoms with Crippen LogP contribution >= 0.6 is 0 Å². The van der Waals surface area contributed by atoms with Crippen LogP contribution in [0.3, 0.4) is 0 Å². The van der Waals surface area contributed by atoms with Crippen LogP contribution in [0.2, 0.25) is 0 Å². The molecule has 0 unspecified atom stereocenters. The van der Waals surface area contributed by atoms with Crippen LogP contribution in [0.4, 0.5) is 0 Å². The predicted molar refractivity (Wildman–Crippen MR) is 57.5 cm³/mol. The summed E-state index contributed by atoms with van der Waals surface area (Å²) >= 11 is 0. The molecule has 0 aliphatic rings. The van der Waals surface area contributed by atoms with Crippen molar-refractivity contribution in [3.8, 4) is 0 Å². The molecule has 6 heteroatoms. The van der Waals surface area contributed by atoms with Crippen molar-refractivity contribution in [2.75, 3.05) is 13.2 Å². The lowest BCUT2D eigenvalue weighted by molar-refractivity contribution is -0.497. The number of esters is 1. The highest BCUT2D eigenvalue weighted by Crippen LogP contribution is 2.17. The molecule has 0 aromatic carbocycles. The van der Waals surface area contributed by atoms with E-state index in [0.717, 1.165) is 0 Å². The second kappa shape index (κ2) is 6.95. The van der Waals surface area contributed by atoms with Gasteiger partial charge in [0.1, 0.15) is 0 Å². The highest BCUT2D eigenvalue weighted by molar-refractivity contribution is 5.79. The molecule has 92 valence electrons. The summed E-state index contributed by atoms with van der Waals surface area (Å²) in [6, 6.07) is 0. The molecule has 0 rings (SSSR count). The first-order chi connectivity index (χ1) is 7.46. The number of ether oxygens (including phenoxy) is 1. The molecule has 6 nitrogen and oxygen atoms in total. The molecule has 0 aromatic heterocycles. The highest BCUT2D eigenvalue weighted by atomic mass is 16.6. The third-order valence-corrected chi connectivity index (χ3v) is 2.04. The van der Waals surface area contributed by atoms with Crippen molar-refractivity contribution in [2.45, 2.75) is 31.8 Å². The van der Waals surface area contributed by atoms with Crippen LogP contribution in [0.1, 0.15) is 26.2 Å². The number of carbonyl (C=O) groups excluding carboxylic acids is 1. The fourth-order valence-electron chi connectivity index (χ4n) is 1.26. The molecule has 1 N–H and O–H groups in total. The number of carbonyl (C=O) groups is 1. The number of hydrogen-bond acceptors (Lipinski definition) is 5. The van der Waals surface area contributed by atoms with Crippen molar-refractivity contribution in [1.82, 2.24) is 0 Å². The van der Waals surface area contributed by atoms with Crippen molar-refractivity contribution in [1.29, 1.82) is 0 Å². The SMILES string of the molecule is C=CCCC[C@@](O)(C[N+](=O)[O-])C(=O)OCC. The average Bonchev–Trinajstić information content (AvgIpc) is 2.17. The van der Waals surface area contributed by atoms with Crippen molar-refractivity contribution >= 4 is 5.97 Å². The maximum atomic E-state index is 11.4. The number of aliphatic hydroxyl groups is 1. The van der Waals surface area contributed by atoms with Gasteiger partial charge in [-0.3, -0.25) is 10.1 Å². The molecule has 0 spiro atoms. The lowest BCUT2D eigenvalue weighted by atomic mass is 9.97. The first-order valence-corrected chi connectivity index (χ1v) is 5.08. The van der Waals surface area contributed by atoms with Crippen molar-refractivity contribution in [3.05, 3.63) is 22.8 Å². The van der Waals surface area contributed by atoms with Crippen LogP contribution in [0.25, 0.3) is 0 Å². The van der Waals surface area contributed by atoms with Gasteiger partial charge >= 0.3 is 5.97 Å². The van der Waals surface area contributed by atoms with Gasteiger partial charge in [0.15, 0.2) is 0 Å². The number of allylic oxidation sites excluding steroid dienone is 1. The summed E-state index contributed by atoms with van der Waals surface area (Å²) in [5.74, 6) is -0.934. The molecule has 1 atom stereocenters. The molecule has 0 saturated carbocycles. The van der Waals surface area contributed by atoms with Crippen LogP contribution in [0, 0.1) is 10.1 Å². The Hall–Kier alpha value is -1.43. The summed E-state index contributed by atoms with van der Waals surface area (Å²) in [6.07, 6.45) is 2.66. The van der Waals surface area contributed by atoms with Crippen molar-refractivity contribution in [2.24, 2.45) is 0 Å². The van der Waals surface area contributed by atoms with E-state index in [1.807, 2.05) is 0 Å². The Balaban J connectivity index is 4.52. The van der Waals surface area contributed by atoms with Gasteiger partial charge in [0.05, 0.1) is 6.61 Å². The molecule has 0 amide bonds. The zero-order valence-corrected chi connectivity index (χ0v) is 9.35. The van der Waals surface area contributed by atoms with Crippen LogP contribution < -0.4 is 0 Å². The second-order valence-electron chi connectivity index (χ2n) is 3.42. The van der Waals surface area contributed by atoms with E-state index in [9.17, 15) is 20.0 Å². The summed E-state index contributed by atoms with van der Waals surface area (Å²) in [5, 5.41) is 20.2. The van der Waals surface area contributed by atoms with Gasteiger partial charge in [-0.2, -0.15) is 0 Å². The minimum Gasteiger partial charge on any atom is -0.464 e. The topological polar surface area (TPSA) is 89.7 Å². The van der Waals surface area contributed by atoms with Gasteiger partial charge < -0.3 is 9.84 Å². The minimum absolute atomic E-state index is 0.00116. The fourth-order valence-corrected chi connectivity index (χ4v) is 1.26. The summed E-state index contributed by atoms with van der Waals surface area (Å²) in [6.45, 7) is 4.32. The standard InChI is InChI=1S/C10H17NO5/c1-3-5-6-7-10(13,8-11(14)15)9(12)16-4-2/h3,13H,1,4-8H2,2H3/t10-/m1/s1. The number of unbranched alkanes of at least 4 members (excludes halogenated alkanes) is 1. The van der Waals surface area contributed by atoms with Gasteiger partial charge in [0, 0.05) is 4.92 Å². The average molecular weight is 231 g/mol. The van der Waals surface area contributed by atoms with E-state index in [1.54, 1.807) is 13.0 Å². The molecule has 16 heavy (non-hydrogen) atoms. The summed E-state index contributed by atoms with van der Waals surface area (Å²) in [5.41, 5.74) is -2.03. The van der Waals surface area contributed by atoms with Gasteiger partial charge in [-0.15, -0.1) is 6.58 Å². The van der Waals surface area contributed by atoms with E-state index in [4.69, 9.17) is 0 Å². The zero-order chi connectivity index (χ0) is 12.6. The molecular weight excluding hydrogens is 214 g/mol. The Labute approximate surface area is 94.1 Å². The van der Waals surface area contributed by atoms with E-state index in [-0.39, 0.29) is 13.0 Å². The van der Waals surface area contributed by atoms with E-state index < -0.39 is 23.0 Å². The molecule has 0 fully saturated rings. The normalized spacial score (nSPS) is 13.9. The first kappa shape index (κ1) is 14.6.